The van der Waals surface area contributed by atoms with Gasteiger partial charge in [0.05, 0.1) is 12.8 Å². The molecule has 1 unspecified atom stereocenters. The molecule has 31 heavy (non-hydrogen) atoms. The second-order valence-corrected chi connectivity index (χ2v) is 8.07. The molecule has 2 N–H and O–H groups in total. The Labute approximate surface area is 183 Å². The van der Waals surface area contributed by atoms with Crippen LogP contribution in [0.1, 0.15) is 23.2 Å². The summed E-state index contributed by atoms with van der Waals surface area (Å²) in [6.07, 6.45) is 1.97. The molecule has 1 aliphatic rings. The molecule has 1 aliphatic heterocycles. The van der Waals surface area contributed by atoms with E-state index in [9.17, 15) is 4.79 Å². The quantitative estimate of drug-likeness (QED) is 0.639. The van der Waals surface area contributed by atoms with Crippen molar-refractivity contribution in [3.63, 3.8) is 0 Å². The number of rotatable bonds is 6. The first-order chi connectivity index (χ1) is 15.0. The molecule has 2 heterocycles. The van der Waals surface area contributed by atoms with Gasteiger partial charge in [-0.2, -0.15) is 5.10 Å². The maximum atomic E-state index is 12.8. The largest absolute Gasteiger partial charge is 0.497 e. The highest BCUT2D eigenvalue weighted by Gasteiger charge is 2.24. The molecule has 0 saturated carbocycles. The van der Waals surface area contributed by atoms with Gasteiger partial charge < -0.3 is 19.9 Å². The fourth-order valence-corrected chi connectivity index (χ4v) is 3.89. The second kappa shape index (κ2) is 9.12. The molecule has 7 heteroatoms. The van der Waals surface area contributed by atoms with E-state index in [2.05, 4.69) is 26.5 Å². The molecule has 0 spiro atoms. The number of carbonyl (C=O) groups excluding carboxylic acids is 1. The minimum absolute atomic E-state index is 0.0310. The predicted octanol–water partition coefficient (Wildman–Crippen LogP) is 3.55. The summed E-state index contributed by atoms with van der Waals surface area (Å²) < 4.78 is 5.23. The normalized spacial score (nSPS) is 16.1. The van der Waals surface area contributed by atoms with Gasteiger partial charge in [0.15, 0.2) is 5.82 Å². The number of nitrogens with one attached hydrogen (secondary N) is 2. The number of methoxy groups -OCH3 is 1. The van der Waals surface area contributed by atoms with Crippen molar-refractivity contribution in [3.8, 4) is 17.0 Å². The summed E-state index contributed by atoms with van der Waals surface area (Å²) in [5.74, 6) is 1.70. The number of carbonyl (C=O) groups is 1. The fourth-order valence-electron chi connectivity index (χ4n) is 3.89. The van der Waals surface area contributed by atoms with E-state index >= 15 is 0 Å². The van der Waals surface area contributed by atoms with Crippen molar-refractivity contribution < 1.29 is 9.53 Å². The van der Waals surface area contributed by atoms with Gasteiger partial charge in [0, 0.05) is 50.5 Å². The van der Waals surface area contributed by atoms with Crippen molar-refractivity contribution in [1.82, 2.24) is 15.5 Å². The number of nitrogens with zero attached hydrogens (tertiary/aromatic N) is 3. The number of hydrogen-bond donors (Lipinski definition) is 2. The van der Waals surface area contributed by atoms with Crippen LogP contribution in [0.2, 0.25) is 0 Å². The first kappa shape index (κ1) is 20.8. The Morgan fingerprint density at radius 3 is 2.74 bits per heavy atom. The van der Waals surface area contributed by atoms with Gasteiger partial charge in [-0.15, -0.1) is 0 Å². The van der Waals surface area contributed by atoms with E-state index in [1.54, 1.807) is 7.11 Å². The van der Waals surface area contributed by atoms with E-state index in [1.165, 1.54) is 0 Å². The number of amides is 1. The maximum absolute atomic E-state index is 12.8. The van der Waals surface area contributed by atoms with Gasteiger partial charge in [-0.25, -0.2) is 0 Å². The third-order valence-electron chi connectivity index (χ3n) is 5.67. The molecule has 1 amide bonds. The van der Waals surface area contributed by atoms with E-state index in [0.717, 1.165) is 54.4 Å². The topological polar surface area (TPSA) is 73.5 Å². The molecule has 0 aliphatic carbocycles. The maximum Gasteiger partial charge on any atom is 0.251 e. The van der Waals surface area contributed by atoms with Crippen LogP contribution in [0.4, 0.5) is 11.5 Å². The third kappa shape index (κ3) is 4.82. The van der Waals surface area contributed by atoms with Gasteiger partial charge in [0.1, 0.15) is 5.75 Å². The van der Waals surface area contributed by atoms with Gasteiger partial charge in [0.25, 0.3) is 5.91 Å². The molecule has 7 nitrogen and oxygen atoms in total. The van der Waals surface area contributed by atoms with E-state index < -0.39 is 0 Å². The molecule has 3 aromatic rings. The molecule has 2 aromatic carbocycles. The number of anilines is 2. The summed E-state index contributed by atoms with van der Waals surface area (Å²) in [5.41, 5.74) is 3.72. The van der Waals surface area contributed by atoms with Crippen LogP contribution in [-0.2, 0) is 0 Å². The second-order valence-electron chi connectivity index (χ2n) is 8.07. The minimum atomic E-state index is -0.0310. The van der Waals surface area contributed by atoms with E-state index in [4.69, 9.17) is 4.74 Å². The Bertz CT molecular complexity index is 1030. The SMILES string of the molecule is COc1ccc(-c2cc(N3CCCC(NC(=O)c4cccc(N(C)C)c4)C3)n[nH]2)cc1. The Morgan fingerprint density at radius 1 is 1.19 bits per heavy atom. The summed E-state index contributed by atoms with van der Waals surface area (Å²) in [6.45, 7) is 1.67. The van der Waals surface area contributed by atoms with Crippen LogP contribution in [0.25, 0.3) is 11.3 Å². The summed E-state index contributed by atoms with van der Waals surface area (Å²) in [6, 6.07) is 17.7. The zero-order chi connectivity index (χ0) is 21.8. The molecule has 0 radical (unpaired) electrons. The molecule has 162 valence electrons. The molecule has 1 atom stereocenters. The van der Waals surface area contributed by atoms with Crippen molar-refractivity contribution in [1.29, 1.82) is 0 Å². The summed E-state index contributed by atoms with van der Waals surface area (Å²) in [5, 5.41) is 10.8. The number of H-pyrrole nitrogens is 1. The van der Waals surface area contributed by atoms with E-state index in [0.29, 0.717) is 5.56 Å². The number of aromatic amines is 1. The smallest absolute Gasteiger partial charge is 0.251 e. The lowest BCUT2D eigenvalue weighted by Gasteiger charge is -2.33. The Balaban J connectivity index is 1.41. The minimum Gasteiger partial charge on any atom is -0.497 e. The summed E-state index contributed by atoms with van der Waals surface area (Å²) >= 11 is 0. The van der Waals surface area contributed by atoms with Crippen LogP contribution in [-0.4, -0.2) is 56.4 Å². The van der Waals surface area contributed by atoms with Crippen LogP contribution in [0.5, 0.6) is 5.75 Å². The number of aromatic nitrogens is 2. The van der Waals surface area contributed by atoms with Crippen LogP contribution in [0.3, 0.4) is 0 Å². The number of ether oxygens (including phenoxy) is 1. The first-order valence-corrected chi connectivity index (χ1v) is 10.6. The molecule has 1 saturated heterocycles. The lowest BCUT2D eigenvalue weighted by Crippen LogP contribution is -2.48. The zero-order valence-electron chi connectivity index (χ0n) is 18.3. The molecule has 1 fully saturated rings. The molecule has 4 rings (SSSR count). The Hall–Kier alpha value is -3.48. The van der Waals surface area contributed by atoms with Gasteiger partial charge in [-0.3, -0.25) is 9.89 Å². The summed E-state index contributed by atoms with van der Waals surface area (Å²) in [7, 11) is 5.61. The lowest BCUT2D eigenvalue weighted by atomic mass is 10.0. The van der Waals surface area contributed by atoms with Crippen LogP contribution in [0.15, 0.2) is 54.6 Å². The Morgan fingerprint density at radius 2 is 2.00 bits per heavy atom. The van der Waals surface area contributed by atoms with Gasteiger partial charge in [-0.05, 0) is 60.9 Å². The molecule has 0 bridgehead atoms. The summed E-state index contributed by atoms with van der Waals surface area (Å²) in [4.78, 5) is 17.0. The van der Waals surface area contributed by atoms with Gasteiger partial charge >= 0.3 is 0 Å². The van der Waals surface area contributed by atoms with Crippen LogP contribution >= 0.6 is 0 Å². The highest BCUT2D eigenvalue weighted by molar-refractivity contribution is 5.95. The molecular formula is C24H29N5O2. The lowest BCUT2D eigenvalue weighted by molar-refractivity contribution is 0.0933. The third-order valence-corrected chi connectivity index (χ3v) is 5.67. The average molecular weight is 420 g/mol. The van der Waals surface area contributed by atoms with E-state index in [-0.39, 0.29) is 11.9 Å². The first-order valence-electron chi connectivity index (χ1n) is 10.6. The van der Waals surface area contributed by atoms with E-state index in [1.807, 2.05) is 67.5 Å². The van der Waals surface area contributed by atoms with Gasteiger partial charge in [0.2, 0.25) is 0 Å². The Kier molecular flexibility index (Phi) is 6.11. The monoisotopic (exact) mass is 419 g/mol. The average Bonchev–Trinajstić information content (AvgIpc) is 3.30. The van der Waals surface area contributed by atoms with Crippen LogP contribution < -0.4 is 19.9 Å². The standard InChI is InChI=1S/C24H29N5O2/c1-28(2)20-8-4-6-18(14-20)24(30)25-19-7-5-13-29(16-19)23-15-22(26-27-23)17-9-11-21(31-3)12-10-17/h4,6,8-12,14-15,19H,5,7,13,16H2,1-3H3,(H,25,30)(H,26,27). The zero-order valence-corrected chi connectivity index (χ0v) is 18.3. The highest BCUT2D eigenvalue weighted by Crippen LogP contribution is 2.26. The number of hydrogen-bond acceptors (Lipinski definition) is 5. The molecule has 1 aromatic heterocycles. The number of piperidine rings is 1. The van der Waals surface area contributed by atoms with Crippen molar-refractivity contribution in [2.24, 2.45) is 0 Å². The van der Waals surface area contributed by atoms with Crippen molar-refractivity contribution in [2.75, 3.05) is 44.1 Å². The van der Waals surface area contributed by atoms with Crippen molar-refractivity contribution >= 4 is 17.4 Å². The van der Waals surface area contributed by atoms with Crippen molar-refractivity contribution in [3.05, 3.63) is 60.2 Å². The molecular weight excluding hydrogens is 390 g/mol. The fraction of sp³-hybridized carbons (Fsp3) is 0.333. The predicted molar refractivity (Wildman–Crippen MR) is 124 cm³/mol. The highest BCUT2D eigenvalue weighted by atomic mass is 16.5. The van der Waals surface area contributed by atoms with Crippen LogP contribution in [0, 0.1) is 0 Å². The van der Waals surface area contributed by atoms with Gasteiger partial charge in [-0.1, -0.05) is 6.07 Å². The van der Waals surface area contributed by atoms with Crippen molar-refractivity contribution in [2.45, 2.75) is 18.9 Å². The number of benzene rings is 2.